The van der Waals surface area contributed by atoms with Crippen molar-refractivity contribution >= 4 is 17.2 Å². The van der Waals surface area contributed by atoms with E-state index in [9.17, 15) is 4.79 Å². The van der Waals surface area contributed by atoms with Gasteiger partial charge in [0.15, 0.2) is 0 Å². The molecule has 2 rings (SSSR count). The molecule has 17 heavy (non-hydrogen) atoms. The molecule has 2 unspecified atom stereocenters. The number of hydrogen-bond donors (Lipinski definition) is 2. The molecule has 1 aliphatic heterocycles. The quantitative estimate of drug-likeness (QED) is 0.856. The molecule has 3 N–H and O–H groups in total. The molecule has 0 radical (unpaired) electrons. The van der Waals surface area contributed by atoms with Gasteiger partial charge in [0.05, 0.1) is 11.7 Å². The van der Waals surface area contributed by atoms with Crippen LogP contribution < -0.4 is 11.1 Å². The summed E-state index contributed by atoms with van der Waals surface area (Å²) in [5, 5.41) is 5.31. The fraction of sp³-hybridized carbons (Fsp3) is 0.583. The zero-order valence-electron chi connectivity index (χ0n) is 9.94. The second kappa shape index (κ2) is 5.62. The van der Waals surface area contributed by atoms with Gasteiger partial charge in [0.2, 0.25) is 5.91 Å². The van der Waals surface area contributed by atoms with Crippen molar-refractivity contribution in [1.29, 1.82) is 0 Å². The van der Waals surface area contributed by atoms with Crippen molar-refractivity contribution in [3.8, 4) is 0 Å². The van der Waals surface area contributed by atoms with Crippen LogP contribution in [0.1, 0.15) is 35.0 Å². The highest BCUT2D eigenvalue weighted by molar-refractivity contribution is 7.10. The molecule has 1 amide bonds. The van der Waals surface area contributed by atoms with Gasteiger partial charge in [0.1, 0.15) is 0 Å². The summed E-state index contributed by atoms with van der Waals surface area (Å²) in [6.45, 7) is 3.73. The minimum Gasteiger partial charge on any atom is -0.378 e. The van der Waals surface area contributed by atoms with E-state index in [0.29, 0.717) is 17.7 Å². The molecule has 0 bridgehead atoms. The monoisotopic (exact) mass is 254 g/mol. The molecule has 1 saturated heterocycles. The fourth-order valence-electron chi connectivity index (χ4n) is 2.03. The number of nitrogens with one attached hydrogen (secondary N) is 1. The zero-order valence-corrected chi connectivity index (χ0v) is 10.8. The Morgan fingerprint density at radius 3 is 3.18 bits per heavy atom. The molecular formula is C12H18N2O2S. The van der Waals surface area contributed by atoms with Crippen LogP contribution in [0.25, 0.3) is 0 Å². The Morgan fingerprint density at radius 1 is 1.71 bits per heavy atom. The van der Waals surface area contributed by atoms with Gasteiger partial charge in [-0.15, -0.1) is 11.3 Å². The van der Waals surface area contributed by atoms with Gasteiger partial charge in [-0.3, -0.25) is 4.79 Å². The number of amides is 1. The molecule has 0 saturated carbocycles. The highest BCUT2D eigenvalue weighted by Gasteiger charge is 2.18. The molecular weight excluding hydrogens is 236 g/mol. The number of primary amides is 1. The predicted molar refractivity (Wildman–Crippen MR) is 68.1 cm³/mol. The lowest BCUT2D eigenvalue weighted by atomic mass is 10.0. The van der Waals surface area contributed by atoms with E-state index in [1.54, 1.807) is 11.3 Å². The molecule has 0 aromatic carbocycles. The predicted octanol–water partition coefficient (Wildman–Crippen LogP) is 1.50. The van der Waals surface area contributed by atoms with E-state index in [4.69, 9.17) is 10.5 Å². The van der Waals surface area contributed by atoms with Gasteiger partial charge >= 0.3 is 0 Å². The second-order valence-corrected chi connectivity index (χ2v) is 5.45. The van der Waals surface area contributed by atoms with Crippen LogP contribution in [-0.4, -0.2) is 24.7 Å². The van der Waals surface area contributed by atoms with Gasteiger partial charge < -0.3 is 15.8 Å². The summed E-state index contributed by atoms with van der Waals surface area (Å²) in [7, 11) is 0. The molecule has 2 atom stereocenters. The molecule has 4 nitrogen and oxygen atoms in total. The van der Waals surface area contributed by atoms with Crippen molar-refractivity contribution in [3.05, 3.63) is 21.9 Å². The molecule has 1 aliphatic rings. The van der Waals surface area contributed by atoms with Crippen molar-refractivity contribution in [1.82, 2.24) is 5.32 Å². The number of thiophene rings is 1. The minimum absolute atomic E-state index is 0.339. The van der Waals surface area contributed by atoms with Gasteiger partial charge in [-0.2, -0.15) is 0 Å². The van der Waals surface area contributed by atoms with Gasteiger partial charge in [-0.05, 0) is 25.8 Å². The van der Waals surface area contributed by atoms with E-state index in [-0.39, 0.29) is 5.91 Å². The lowest BCUT2D eigenvalue weighted by Gasteiger charge is -2.27. The molecule has 1 aromatic rings. The van der Waals surface area contributed by atoms with Crippen LogP contribution in [0.3, 0.4) is 0 Å². The topological polar surface area (TPSA) is 64.3 Å². The smallest absolute Gasteiger partial charge is 0.249 e. The average molecular weight is 254 g/mol. The van der Waals surface area contributed by atoms with E-state index >= 15 is 0 Å². The maximum Gasteiger partial charge on any atom is 0.249 e. The van der Waals surface area contributed by atoms with E-state index < -0.39 is 0 Å². The third-order valence-electron chi connectivity index (χ3n) is 2.99. The van der Waals surface area contributed by atoms with Crippen LogP contribution in [0.4, 0.5) is 0 Å². The van der Waals surface area contributed by atoms with Gasteiger partial charge in [0, 0.05) is 29.5 Å². The largest absolute Gasteiger partial charge is 0.378 e. The highest BCUT2D eigenvalue weighted by atomic mass is 32.1. The van der Waals surface area contributed by atoms with Crippen molar-refractivity contribution < 1.29 is 9.53 Å². The summed E-state index contributed by atoms with van der Waals surface area (Å²) in [6, 6.07) is 2.38. The highest BCUT2D eigenvalue weighted by Crippen LogP contribution is 2.17. The Balaban J connectivity index is 1.82. The Kier molecular flexibility index (Phi) is 4.15. The Labute approximate surface area is 105 Å². The van der Waals surface area contributed by atoms with Crippen LogP contribution in [0.2, 0.25) is 0 Å². The number of hydrogen-bond acceptors (Lipinski definition) is 4. The molecule has 1 aromatic heterocycles. The van der Waals surface area contributed by atoms with E-state index in [2.05, 4.69) is 12.2 Å². The van der Waals surface area contributed by atoms with Crippen LogP contribution in [0.15, 0.2) is 11.4 Å². The third-order valence-corrected chi connectivity index (χ3v) is 3.93. The Hall–Kier alpha value is -0.910. The maximum absolute atomic E-state index is 11.0. The first kappa shape index (κ1) is 12.5. The maximum atomic E-state index is 11.0. The summed E-state index contributed by atoms with van der Waals surface area (Å²) in [6.07, 6.45) is 2.44. The average Bonchev–Trinajstić information content (AvgIpc) is 2.75. The van der Waals surface area contributed by atoms with Crippen molar-refractivity contribution in [2.75, 3.05) is 6.61 Å². The van der Waals surface area contributed by atoms with Crippen LogP contribution in [0.5, 0.6) is 0 Å². The second-order valence-electron chi connectivity index (χ2n) is 4.45. The normalized spacial score (nSPS) is 24.8. The standard InChI is InChI=1S/C12H18N2O2S/c1-8-4-10(2-3-16-8)14-6-11-5-9(7-17-11)12(13)15/h5,7-8,10,14H,2-4,6H2,1H3,(H2,13,15). The summed E-state index contributed by atoms with van der Waals surface area (Å²) >= 11 is 1.57. The van der Waals surface area contributed by atoms with Crippen molar-refractivity contribution in [3.63, 3.8) is 0 Å². The van der Waals surface area contributed by atoms with Crippen molar-refractivity contribution in [2.24, 2.45) is 5.73 Å². The van der Waals surface area contributed by atoms with Crippen molar-refractivity contribution in [2.45, 2.75) is 38.5 Å². The molecule has 1 fully saturated rings. The molecule has 2 heterocycles. The summed E-state index contributed by atoms with van der Waals surface area (Å²) in [5.74, 6) is -0.354. The number of ether oxygens (including phenoxy) is 1. The van der Waals surface area contributed by atoms with Gasteiger partial charge in [-0.1, -0.05) is 0 Å². The first-order valence-electron chi connectivity index (χ1n) is 5.87. The van der Waals surface area contributed by atoms with Gasteiger partial charge in [0.25, 0.3) is 0 Å². The Bertz CT molecular complexity index is 392. The molecule has 0 aliphatic carbocycles. The summed E-state index contributed by atoms with van der Waals surface area (Å²) in [4.78, 5) is 12.1. The molecule has 94 valence electrons. The number of carbonyl (C=O) groups is 1. The van der Waals surface area contributed by atoms with E-state index in [0.717, 1.165) is 30.9 Å². The fourth-order valence-corrected chi connectivity index (χ4v) is 2.86. The SMILES string of the molecule is CC1CC(NCc2cc(C(N)=O)cs2)CCO1. The van der Waals surface area contributed by atoms with Gasteiger partial charge in [-0.25, -0.2) is 0 Å². The lowest BCUT2D eigenvalue weighted by Crippen LogP contribution is -2.37. The lowest BCUT2D eigenvalue weighted by molar-refractivity contribution is 0.0131. The van der Waals surface area contributed by atoms with Crippen LogP contribution in [0, 0.1) is 0 Å². The Morgan fingerprint density at radius 2 is 2.53 bits per heavy atom. The minimum atomic E-state index is -0.354. The van der Waals surface area contributed by atoms with Crippen LogP contribution >= 0.6 is 11.3 Å². The van der Waals surface area contributed by atoms with E-state index in [1.165, 1.54) is 0 Å². The zero-order chi connectivity index (χ0) is 12.3. The first-order valence-corrected chi connectivity index (χ1v) is 6.75. The summed E-state index contributed by atoms with van der Waals surface area (Å²) in [5.41, 5.74) is 5.82. The number of nitrogens with two attached hydrogens (primary N) is 1. The molecule has 0 spiro atoms. The van der Waals surface area contributed by atoms with Crippen LogP contribution in [-0.2, 0) is 11.3 Å². The summed E-state index contributed by atoms with van der Waals surface area (Å²) < 4.78 is 5.50. The number of rotatable bonds is 4. The molecule has 5 heteroatoms. The third kappa shape index (κ3) is 3.52. The van der Waals surface area contributed by atoms with E-state index in [1.807, 2.05) is 11.4 Å². The number of carbonyl (C=O) groups excluding carboxylic acids is 1. The first-order chi connectivity index (χ1) is 8.15.